The van der Waals surface area contributed by atoms with Crippen LogP contribution in [0.25, 0.3) is 5.57 Å². The third-order valence-corrected chi connectivity index (χ3v) is 16.0. The first-order valence-corrected chi connectivity index (χ1v) is 19.7. The lowest BCUT2D eigenvalue weighted by Gasteiger charge is -2.72. The van der Waals surface area contributed by atoms with Gasteiger partial charge >= 0.3 is 0 Å². The summed E-state index contributed by atoms with van der Waals surface area (Å²) in [6.07, 6.45) is 18.1. The van der Waals surface area contributed by atoms with E-state index in [0.29, 0.717) is 47.2 Å². The van der Waals surface area contributed by atoms with Gasteiger partial charge in [0.2, 0.25) is 5.91 Å². The standard InChI is InChI=1S/C44H66N2O3/c1-30(2)33-20-25-44(45-28-12-10-11-13-38(48)46(8)9)27-26-42(6)35(39(33)44)18-19-37-41(5)23-21-34(31-14-16-32(17-15-31)49-29-47)40(3,4)36(41)22-24-43(37,42)7/h14-17,21,29,33,35-37,39,45H,1,10-13,18-20,22-28H2,2-9H3/t33-,35+,36-,37+,39+,41-,42+,43+,44-/m0/s1. The van der Waals surface area contributed by atoms with Crippen molar-refractivity contribution in [1.29, 1.82) is 0 Å². The van der Waals surface area contributed by atoms with E-state index >= 15 is 0 Å². The summed E-state index contributed by atoms with van der Waals surface area (Å²) in [5, 5.41) is 4.25. The maximum Gasteiger partial charge on any atom is 0.298 e. The molecule has 0 radical (unpaired) electrons. The van der Waals surface area contributed by atoms with Gasteiger partial charge in [0, 0.05) is 26.1 Å². The summed E-state index contributed by atoms with van der Waals surface area (Å²) in [5.41, 5.74) is 5.36. The minimum atomic E-state index is 0.0704. The van der Waals surface area contributed by atoms with Gasteiger partial charge in [-0.15, -0.1) is 0 Å². The Morgan fingerprint density at radius 2 is 1.65 bits per heavy atom. The number of nitrogens with one attached hydrogen (secondary N) is 1. The van der Waals surface area contributed by atoms with Crippen LogP contribution in [-0.4, -0.2) is 43.5 Å². The van der Waals surface area contributed by atoms with E-state index < -0.39 is 0 Å². The summed E-state index contributed by atoms with van der Waals surface area (Å²) >= 11 is 0. The van der Waals surface area contributed by atoms with Gasteiger partial charge in [-0.1, -0.05) is 71.4 Å². The first-order chi connectivity index (χ1) is 23.1. The Balaban J connectivity index is 1.23. The number of allylic oxidation sites excluding steroid dienone is 3. The number of hydrogen-bond acceptors (Lipinski definition) is 4. The van der Waals surface area contributed by atoms with E-state index in [4.69, 9.17) is 4.74 Å². The number of nitrogens with zero attached hydrogens (tertiary/aromatic N) is 1. The van der Waals surface area contributed by atoms with E-state index in [9.17, 15) is 9.59 Å². The fourth-order valence-electron chi connectivity index (χ4n) is 13.5. The average molecular weight is 671 g/mol. The molecule has 0 aromatic heterocycles. The Kier molecular flexibility index (Phi) is 9.87. The van der Waals surface area contributed by atoms with Gasteiger partial charge in [0.15, 0.2) is 0 Å². The second kappa shape index (κ2) is 13.3. The molecule has 1 aromatic carbocycles. The highest BCUT2D eigenvalue weighted by Gasteiger charge is 2.70. The molecule has 0 saturated heterocycles. The molecule has 5 nitrogen and oxygen atoms in total. The van der Waals surface area contributed by atoms with Crippen molar-refractivity contribution in [3.63, 3.8) is 0 Å². The lowest BCUT2D eigenvalue weighted by Crippen LogP contribution is -2.68. The lowest BCUT2D eigenvalue weighted by molar-refractivity contribution is -0.219. The number of rotatable bonds is 11. The van der Waals surface area contributed by atoms with Crippen LogP contribution in [-0.2, 0) is 9.59 Å². The van der Waals surface area contributed by atoms with Crippen molar-refractivity contribution in [1.82, 2.24) is 10.2 Å². The second-order valence-corrected chi connectivity index (χ2v) is 18.6. The molecule has 9 atom stereocenters. The number of hydrogen-bond donors (Lipinski definition) is 1. The fourth-order valence-corrected chi connectivity index (χ4v) is 13.5. The van der Waals surface area contributed by atoms with E-state index in [1.54, 1.807) is 4.90 Å². The van der Waals surface area contributed by atoms with Gasteiger partial charge in [0.05, 0.1) is 0 Å². The molecule has 49 heavy (non-hydrogen) atoms. The number of amides is 1. The van der Waals surface area contributed by atoms with Gasteiger partial charge in [0.1, 0.15) is 5.75 Å². The third kappa shape index (κ3) is 5.86. The quantitative estimate of drug-likeness (QED) is 0.145. The molecule has 0 unspecified atom stereocenters. The normalized spacial score (nSPS) is 39.0. The van der Waals surface area contributed by atoms with Crippen molar-refractivity contribution in [2.24, 2.45) is 51.2 Å². The molecule has 1 N–H and O–H groups in total. The Bertz CT molecular complexity index is 1440. The molecule has 0 spiro atoms. The molecule has 0 heterocycles. The fraction of sp³-hybridized carbons (Fsp3) is 0.727. The summed E-state index contributed by atoms with van der Waals surface area (Å²) in [6, 6.07) is 8.15. The van der Waals surface area contributed by atoms with Crippen molar-refractivity contribution in [2.45, 2.75) is 131 Å². The van der Waals surface area contributed by atoms with Gasteiger partial charge in [-0.25, -0.2) is 0 Å². The Labute approximate surface area is 298 Å². The van der Waals surface area contributed by atoms with Crippen molar-refractivity contribution >= 4 is 18.0 Å². The number of ether oxygens (including phenoxy) is 1. The predicted octanol–water partition coefficient (Wildman–Crippen LogP) is 9.86. The van der Waals surface area contributed by atoms with Crippen LogP contribution < -0.4 is 10.1 Å². The molecule has 0 bridgehead atoms. The van der Waals surface area contributed by atoms with E-state index in [2.05, 4.69) is 71.6 Å². The zero-order valence-electron chi connectivity index (χ0n) is 32.1. The van der Waals surface area contributed by atoms with Crippen LogP contribution >= 0.6 is 0 Å². The molecule has 270 valence electrons. The zero-order chi connectivity index (χ0) is 35.4. The topological polar surface area (TPSA) is 58.6 Å². The summed E-state index contributed by atoms with van der Waals surface area (Å²) < 4.78 is 5.10. The monoisotopic (exact) mass is 671 g/mol. The highest BCUT2D eigenvalue weighted by Crippen LogP contribution is 2.76. The van der Waals surface area contributed by atoms with Crippen LogP contribution in [0.4, 0.5) is 0 Å². The summed E-state index contributed by atoms with van der Waals surface area (Å²) in [5.74, 6) is 4.22. The number of benzene rings is 1. The predicted molar refractivity (Wildman–Crippen MR) is 201 cm³/mol. The summed E-state index contributed by atoms with van der Waals surface area (Å²) in [4.78, 5) is 24.7. The lowest BCUT2D eigenvalue weighted by atomic mass is 9.33. The molecule has 1 aromatic rings. The molecule has 0 aliphatic heterocycles. The van der Waals surface area contributed by atoms with Gasteiger partial charge in [-0.3, -0.25) is 9.59 Å². The first kappa shape index (κ1) is 36.4. The van der Waals surface area contributed by atoms with Gasteiger partial charge < -0.3 is 15.0 Å². The molecule has 4 saturated carbocycles. The first-order valence-electron chi connectivity index (χ1n) is 19.7. The van der Waals surface area contributed by atoms with Gasteiger partial charge in [0.25, 0.3) is 6.47 Å². The van der Waals surface area contributed by atoms with Crippen LogP contribution in [0.2, 0.25) is 0 Å². The van der Waals surface area contributed by atoms with Crippen LogP contribution in [0.3, 0.4) is 0 Å². The maximum absolute atomic E-state index is 12.1. The molecule has 6 rings (SSSR count). The van der Waals surface area contributed by atoms with Gasteiger partial charge in [-0.2, -0.15) is 0 Å². The molecule has 5 aliphatic rings. The summed E-state index contributed by atoms with van der Waals surface area (Å²) in [7, 11) is 3.72. The number of unbranched alkanes of at least 4 members (excludes halogenated alkanes) is 2. The van der Waals surface area contributed by atoms with Crippen LogP contribution in [0, 0.1) is 51.2 Å². The molecule has 4 fully saturated rings. The summed E-state index contributed by atoms with van der Waals surface area (Å²) in [6.45, 7) is 21.6. The minimum absolute atomic E-state index is 0.0704. The van der Waals surface area contributed by atoms with E-state index in [1.807, 2.05) is 26.2 Å². The zero-order valence-corrected chi connectivity index (χ0v) is 32.1. The van der Waals surface area contributed by atoms with E-state index in [1.165, 1.54) is 68.1 Å². The van der Waals surface area contributed by atoms with E-state index in [-0.39, 0.29) is 22.3 Å². The maximum atomic E-state index is 12.1. The Hall–Kier alpha value is -2.40. The second-order valence-electron chi connectivity index (χ2n) is 18.6. The molecule has 5 aliphatic carbocycles. The number of carbonyl (C=O) groups excluding carboxylic acids is 2. The largest absolute Gasteiger partial charge is 0.429 e. The van der Waals surface area contributed by atoms with Crippen LogP contribution in [0.15, 0.2) is 42.5 Å². The molecular weight excluding hydrogens is 604 g/mol. The van der Waals surface area contributed by atoms with Crippen molar-refractivity contribution < 1.29 is 14.3 Å². The van der Waals surface area contributed by atoms with Crippen LogP contribution in [0.5, 0.6) is 5.75 Å². The number of fused-ring (bicyclic) bond motifs is 7. The SMILES string of the molecule is C=C(C)[C@@H]1CC[C@]2(NCCCCCC(=O)N(C)C)CC[C@]3(C)[C@H](CC[C@@H]4[C@@]5(C)CC=C(c6ccc(OC=O)cc6)C(C)(C)[C@@H]5CC[C@]43C)[C@@H]12. The molecule has 5 heteroatoms. The smallest absolute Gasteiger partial charge is 0.298 e. The van der Waals surface area contributed by atoms with Crippen molar-refractivity contribution in [2.75, 3.05) is 20.6 Å². The van der Waals surface area contributed by atoms with Crippen LogP contribution in [0.1, 0.15) is 131 Å². The highest BCUT2D eigenvalue weighted by atomic mass is 16.5. The average Bonchev–Trinajstić information content (AvgIpc) is 3.43. The van der Waals surface area contributed by atoms with Crippen molar-refractivity contribution in [3.05, 3.63) is 48.1 Å². The highest BCUT2D eigenvalue weighted by molar-refractivity contribution is 5.75. The molecular formula is C44H66N2O3. The van der Waals surface area contributed by atoms with Gasteiger partial charge in [-0.05, 0) is 159 Å². The van der Waals surface area contributed by atoms with Crippen molar-refractivity contribution in [3.8, 4) is 5.75 Å². The number of carbonyl (C=O) groups is 2. The third-order valence-electron chi connectivity index (χ3n) is 16.0. The Morgan fingerprint density at radius 1 is 0.918 bits per heavy atom. The Morgan fingerprint density at radius 3 is 2.33 bits per heavy atom. The van der Waals surface area contributed by atoms with E-state index in [0.717, 1.165) is 44.1 Å². The minimum Gasteiger partial charge on any atom is -0.429 e. The molecule has 1 amide bonds.